The Kier molecular flexibility index (Phi) is 4.58. The van der Waals surface area contributed by atoms with Gasteiger partial charge in [0.25, 0.3) is 0 Å². The van der Waals surface area contributed by atoms with Crippen molar-refractivity contribution in [3.8, 4) is 0 Å². The summed E-state index contributed by atoms with van der Waals surface area (Å²) in [6, 6.07) is 0. The molecule has 0 aromatic carbocycles. The predicted molar refractivity (Wildman–Crippen MR) is 31.3 cm³/mol. The Hall–Kier alpha value is -0.181. The third kappa shape index (κ3) is 2.75. The van der Waals surface area contributed by atoms with E-state index in [4.69, 9.17) is 5.73 Å². The Balaban J connectivity index is 0.000000640. The predicted octanol–water partition coefficient (Wildman–Crippen LogP) is -0.0916. The van der Waals surface area contributed by atoms with Crippen LogP contribution in [0.3, 0.4) is 0 Å². The number of nitrogens with one attached hydrogen (secondary N) is 1. The first-order valence-electron chi connectivity index (χ1n) is 2.61. The molecule has 0 spiro atoms. The first kappa shape index (κ1) is 8.82. The summed E-state index contributed by atoms with van der Waals surface area (Å²) < 4.78 is 0. The van der Waals surface area contributed by atoms with Crippen LogP contribution in [0.4, 0.5) is 0 Å². The smallest absolute Gasteiger partial charge is 0.0923 e. The van der Waals surface area contributed by atoms with Gasteiger partial charge in [0.05, 0.1) is 12.0 Å². The Morgan fingerprint density at radius 1 is 1.67 bits per heavy atom. The monoisotopic (exact) mass is 304 g/mol. The van der Waals surface area contributed by atoms with E-state index in [0.29, 0.717) is 6.54 Å². The van der Waals surface area contributed by atoms with Crippen LogP contribution in [0.5, 0.6) is 0 Å². The normalized spacial score (nSPS) is 8.56. The molecule has 0 aliphatic carbocycles. The minimum absolute atomic E-state index is 0. The van der Waals surface area contributed by atoms with Gasteiger partial charge >= 0.3 is 0 Å². The van der Waals surface area contributed by atoms with E-state index < -0.39 is 0 Å². The van der Waals surface area contributed by atoms with Crippen molar-refractivity contribution in [3.05, 3.63) is 18.2 Å². The molecule has 0 bridgehead atoms. The molecule has 0 atom stereocenters. The molecule has 3 nitrogen and oxygen atoms in total. The van der Waals surface area contributed by atoms with Gasteiger partial charge in [-0.15, -0.1) is 0 Å². The number of H-pyrrole nitrogens is 1. The molecular weight excluding hydrogens is 294 g/mol. The van der Waals surface area contributed by atoms with E-state index in [-0.39, 0.29) is 20.1 Å². The summed E-state index contributed by atoms with van der Waals surface area (Å²) in [5.74, 6) is 0. The van der Waals surface area contributed by atoms with Crippen molar-refractivity contribution < 1.29 is 20.1 Å². The topological polar surface area (TPSA) is 54.7 Å². The number of rotatable bonds is 2. The zero-order valence-electron chi connectivity index (χ0n) is 4.93. The van der Waals surface area contributed by atoms with Gasteiger partial charge in [0, 0.05) is 32.7 Å². The average Bonchev–Trinajstić information content (AvgIpc) is 2.19. The molecule has 0 saturated carbocycles. The average molecular weight is 303 g/mol. The first-order valence-corrected chi connectivity index (χ1v) is 2.61. The van der Waals surface area contributed by atoms with Crippen LogP contribution in [0, 0.1) is 0 Å². The molecular formula is C5H9IrN3. The molecule has 0 saturated heterocycles. The second kappa shape index (κ2) is 4.68. The van der Waals surface area contributed by atoms with Crippen LogP contribution in [0.25, 0.3) is 0 Å². The first-order chi connectivity index (χ1) is 3.93. The van der Waals surface area contributed by atoms with Crippen LogP contribution >= 0.6 is 0 Å². The minimum atomic E-state index is 0. The maximum absolute atomic E-state index is 5.27. The van der Waals surface area contributed by atoms with Crippen molar-refractivity contribution in [1.82, 2.24) is 9.97 Å². The van der Waals surface area contributed by atoms with Gasteiger partial charge < -0.3 is 10.7 Å². The second-order valence-electron chi connectivity index (χ2n) is 1.60. The number of hydrogen-bond donors (Lipinski definition) is 2. The van der Waals surface area contributed by atoms with Crippen molar-refractivity contribution >= 4 is 0 Å². The van der Waals surface area contributed by atoms with E-state index in [0.717, 1.165) is 12.1 Å². The van der Waals surface area contributed by atoms with Gasteiger partial charge in [0.2, 0.25) is 0 Å². The van der Waals surface area contributed by atoms with Crippen LogP contribution < -0.4 is 5.73 Å². The molecule has 9 heavy (non-hydrogen) atoms. The minimum Gasteiger partial charge on any atom is -0.351 e. The Morgan fingerprint density at radius 2 is 2.44 bits per heavy atom. The van der Waals surface area contributed by atoms with E-state index in [9.17, 15) is 0 Å². The van der Waals surface area contributed by atoms with Gasteiger partial charge in [-0.25, -0.2) is 4.98 Å². The summed E-state index contributed by atoms with van der Waals surface area (Å²) in [7, 11) is 0. The van der Waals surface area contributed by atoms with E-state index in [1.807, 2.05) is 6.20 Å². The zero-order chi connectivity index (χ0) is 5.82. The van der Waals surface area contributed by atoms with Gasteiger partial charge in [0.15, 0.2) is 0 Å². The quantitative estimate of drug-likeness (QED) is 0.802. The van der Waals surface area contributed by atoms with Gasteiger partial charge in [-0.05, 0) is 6.54 Å². The van der Waals surface area contributed by atoms with Crippen molar-refractivity contribution in [2.45, 2.75) is 6.42 Å². The van der Waals surface area contributed by atoms with Crippen molar-refractivity contribution in [2.24, 2.45) is 5.73 Å². The fourth-order valence-electron chi connectivity index (χ4n) is 0.576. The van der Waals surface area contributed by atoms with Crippen molar-refractivity contribution in [3.63, 3.8) is 0 Å². The summed E-state index contributed by atoms with van der Waals surface area (Å²) in [5.41, 5.74) is 6.30. The standard InChI is InChI=1S/C5H9N3.Ir/c6-2-1-5-3-7-4-8-5;/h3-4H,1-2,6H2,(H,7,8);. The van der Waals surface area contributed by atoms with Gasteiger partial charge in [-0.2, -0.15) is 0 Å². The molecule has 0 aliphatic rings. The number of hydrogen-bond acceptors (Lipinski definition) is 2. The molecule has 1 aromatic rings. The Labute approximate surface area is 67.4 Å². The summed E-state index contributed by atoms with van der Waals surface area (Å²) in [5, 5.41) is 0. The largest absolute Gasteiger partial charge is 0.351 e. The maximum Gasteiger partial charge on any atom is 0.0923 e. The van der Waals surface area contributed by atoms with Gasteiger partial charge in [-0.1, -0.05) is 0 Å². The van der Waals surface area contributed by atoms with Crippen molar-refractivity contribution in [2.75, 3.05) is 6.54 Å². The van der Waals surface area contributed by atoms with Gasteiger partial charge in [-0.3, -0.25) is 0 Å². The number of aromatic nitrogens is 2. The van der Waals surface area contributed by atoms with Gasteiger partial charge in [0.1, 0.15) is 0 Å². The molecule has 1 radical (unpaired) electrons. The van der Waals surface area contributed by atoms with Crippen LogP contribution in [0.1, 0.15) is 5.69 Å². The van der Waals surface area contributed by atoms with E-state index >= 15 is 0 Å². The maximum atomic E-state index is 5.27. The SMILES string of the molecule is NCCc1c[nH]cn1.[Ir]. The fraction of sp³-hybridized carbons (Fsp3) is 0.400. The van der Waals surface area contributed by atoms with Crippen molar-refractivity contribution in [1.29, 1.82) is 0 Å². The van der Waals surface area contributed by atoms with Crippen LogP contribution in [0.15, 0.2) is 12.5 Å². The zero-order valence-corrected chi connectivity index (χ0v) is 7.32. The molecule has 3 N–H and O–H groups in total. The molecule has 0 unspecified atom stereocenters. The summed E-state index contributed by atoms with van der Waals surface area (Å²) in [6.07, 6.45) is 4.38. The molecule has 53 valence electrons. The molecule has 0 aliphatic heterocycles. The second-order valence-corrected chi connectivity index (χ2v) is 1.60. The Morgan fingerprint density at radius 3 is 2.89 bits per heavy atom. The number of aromatic amines is 1. The Bertz CT molecular complexity index is 138. The summed E-state index contributed by atoms with van der Waals surface area (Å²) in [4.78, 5) is 6.82. The summed E-state index contributed by atoms with van der Waals surface area (Å²) in [6.45, 7) is 0.671. The van der Waals surface area contributed by atoms with Crippen LogP contribution in [-0.2, 0) is 26.5 Å². The third-order valence-electron chi connectivity index (χ3n) is 0.955. The van der Waals surface area contributed by atoms with E-state index in [1.165, 1.54) is 0 Å². The molecule has 4 heteroatoms. The van der Waals surface area contributed by atoms with Crippen LogP contribution in [0.2, 0.25) is 0 Å². The van der Waals surface area contributed by atoms with E-state index in [2.05, 4.69) is 9.97 Å². The molecule has 1 rings (SSSR count). The number of nitrogens with zero attached hydrogens (tertiary/aromatic N) is 1. The van der Waals surface area contributed by atoms with Crippen LogP contribution in [-0.4, -0.2) is 16.5 Å². The molecule has 1 heterocycles. The summed E-state index contributed by atoms with van der Waals surface area (Å²) >= 11 is 0. The molecule has 0 fully saturated rings. The number of imidazole rings is 1. The fourth-order valence-corrected chi connectivity index (χ4v) is 0.576. The molecule has 1 aromatic heterocycles. The van der Waals surface area contributed by atoms with E-state index in [1.54, 1.807) is 6.33 Å². The molecule has 0 amide bonds. The third-order valence-corrected chi connectivity index (χ3v) is 0.955. The number of nitrogens with two attached hydrogens (primary N) is 1.